The maximum Gasteiger partial charge on any atom is 0.264 e. The number of hydrogen-bond acceptors (Lipinski definition) is 6. The van der Waals surface area contributed by atoms with Gasteiger partial charge in [0.1, 0.15) is 5.75 Å². The Morgan fingerprint density at radius 3 is 2.43 bits per heavy atom. The Morgan fingerprint density at radius 2 is 1.71 bits per heavy atom. The normalized spacial score (nSPS) is 13.3. The summed E-state index contributed by atoms with van der Waals surface area (Å²) in [6.07, 6.45) is -0.744. The number of carbonyl (C=O) groups is 1. The lowest BCUT2D eigenvalue weighted by molar-refractivity contribution is -0.127. The van der Waals surface area contributed by atoms with E-state index in [1.165, 1.54) is 11.4 Å². The molecule has 0 saturated heterocycles. The molecular formula is C26H28N2O6S. The van der Waals surface area contributed by atoms with E-state index in [4.69, 9.17) is 14.2 Å². The van der Waals surface area contributed by atoms with Gasteiger partial charge in [0.25, 0.3) is 15.9 Å². The van der Waals surface area contributed by atoms with Crippen molar-refractivity contribution in [3.05, 3.63) is 77.4 Å². The third kappa shape index (κ3) is 5.35. The molecule has 4 rings (SSSR count). The van der Waals surface area contributed by atoms with Crippen LogP contribution in [0.15, 0.2) is 65.6 Å². The molecule has 0 unspecified atom stereocenters. The topological polar surface area (TPSA) is 94.2 Å². The van der Waals surface area contributed by atoms with Crippen molar-refractivity contribution in [1.82, 2.24) is 5.32 Å². The second-order valence-corrected chi connectivity index (χ2v) is 10.3. The number of amides is 1. The summed E-state index contributed by atoms with van der Waals surface area (Å²) in [6, 6.07) is 17.1. The van der Waals surface area contributed by atoms with Crippen LogP contribution in [0.5, 0.6) is 17.2 Å². The fraction of sp³-hybridized carbons (Fsp3) is 0.269. The molecule has 1 aliphatic rings. The van der Waals surface area contributed by atoms with Crippen molar-refractivity contribution >= 4 is 21.6 Å². The SMILES string of the molecule is Cc1ccc(S(=O)(=O)N(C)c2ccc(O[C@@H](C)C(=O)NCc3ccc4c(c3)OCO4)cc2)cc1C. The molecule has 8 nitrogen and oxygen atoms in total. The second-order valence-electron chi connectivity index (χ2n) is 8.38. The van der Waals surface area contributed by atoms with Gasteiger partial charge in [-0.2, -0.15) is 0 Å². The van der Waals surface area contributed by atoms with Crippen molar-refractivity contribution in [2.24, 2.45) is 0 Å². The van der Waals surface area contributed by atoms with Gasteiger partial charge < -0.3 is 19.5 Å². The lowest BCUT2D eigenvalue weighted by Gasteiger charge is -2.21. The maximum absolute atomic E-state index is 13.0. The number of nitrogens with zero attached hydrogens (tertiary/aromatic N) is 1. The fourth-order valence-electron chi connectivity index (χ4n) is 3.55. The Balaban J connectivity index is 1.35. The molecule has 1 aliphatic heterocycles. The highest BCUT2D eigenvalue weighted by atomic mass is 32.2. The first-order valence-electron chi connectivity index (χ1n) is 11.1. The molecule has 3 aromatic rings. The summed E-state index contributed by atoms with van der Waals surface area (Å²) in [5.41, 5.74) is 3.30. The van der Waals surface area contributed by atoms with Crippen LogP contribution in [0.25, 0.3) is 0 Å². The van der Waals surface area contributed by atoms with Crippen LogP contribution < -0.4 is 23.8 Å². The van der Waals surface area contributed by atoms with E-state index in [1.807, 2.05) is 32.0 Å². The van der Waals surface area contributed by atoms with Crippen LogP contribution in [0, 0.1) is 13.8 Å². The summed E-state index contributed by atoms with van der Waals surface area (Å²) in [6.45, 7) is 5.99. The summed E-state index contributed by atoms with van der Waals surface area (Å²) in [4.78, 5) is 12.7. The van der Waals surface area contributed by atoms with Gasteiger partial charge in [-0.05, 0) is 86.0 Å². The highest BCUT2D eigenvalue weighted by Gasteiger charge is 2.22. The van der Waals surface area contributed by atoms with Crippen molar-refractivity contribution in [2.75, 3.05) is 18.1 Å². The van der Waals surface area contributed by atoms with E-state index in [0.717, 1.165) is 16.7 Å². The number of sulfonamides is 1. The zero-order chi connectivity index (χ0) is 25.2. The van der Waals surface area contributed by atoms with Gasteiger partial charge in [-0.1, -0.05) is 12.1 Å². The van der Waals surface area contributed by atoms with E-state index < -0.39 is 16.1 Å². The van der Waals surface area contributed by atoms with Crippen LogP contribution >= 0.6 is 0 Å². The van der Waals surface area contributed by atoms with Gasteiger partial charge in [-0.3, -0.25) is 9.10 Å². The Morgan fingerprint density at radius 1 is 1.00 bits per heavy atom. The summed E-state index contributed by atoms with van der Waals surface area (Å²) in [7, 11) is -2.20. The number of hydrogen-bond donors (Lipinski definition) is 1. The molecule has 1 amide bonds. The number of aryl methyl sites for hydroxylation is 2. The first-order chi connectivity index (χ1) is 16.6. The minimum atomic E-state index is -3.71. The van der Waals surface area contributed by atoms with Crippen molar-refractivity contribution in [2.45, 2.75) is 38.3 Å². The molecule has 0 radical (unpaired) electrons. The maximum atomic E-state index is 13.0. The molecule has 0 saturated carbocycles. The average molecular weight is 497 g/mol. The number of nitrogens with one attached hydrogen (secondary N) is 1. The number of anilines is 1. The summed E-state index contributed by atoms with van der Waals surface area (Å²) in [5, 5.41) is 2.84. The highest BCUT2D eigenvalue weighted by molar-refractivity contribution is 7.92. The summed E-state index contributed by atoms with van der Waals surface area (Å²) >= 11 is 0. The molecule has 1 N–H and O–H groups in total. The van der Waals surface area contributed by atoms with Crippen molar-refractivity contribution < 1.29 is 27.4 Å². The quantitative estimate of drug-likeness (QED) is 0.508. The number of benzene rings is 3. The van der Waals surface area contributed by atoms with Crippen molar-refractivity contribution in [1.29, 1.82) is 0 Å². The van der Waals surface area contributed by atoms with E-state index >= 15 is 0 Å². The Hall–Kier alpha value is -3.72. The molecule has 0 fully saturated rings. The number of rotatable bonds is 8. The molecule has 0 bridgehead atoms. The zero-order valence-electron chi connectivity index (χ0n) is 20.1. The first-order valence-corrected chi connectivity index (χ1v) is 12.6. The zero-order valence-corrected chi connectivity index (χ0v) is 20.9. The molecule has 0 aromatic heterocycles. The summed E-state index contributed by atoms with van der Waals surface area (Å²) in [5.74, 6) is 1.52. The Labute approximate surface area is 205 Å². The van der Waals surface area contributed by atoms with Crippen molar-refractivity contribution in [3.63, 3.8) is 0 Å². The molecule has 3 aromatic carbocycles. The number of ether oxygens (including phenoxy) is 3. The molecule has 0 aliphatic carbocycles. The van der Waals surface area contributed by atoms with Crippen LogP contribution in [0.2, 0.25) is 0 Å². The molecule has 1 heterocycles. The van der Waals surface area contributed by atoms with Crippen LogP contribution in [-0.4, -0.2) is 34.3 Å². The molecule has 0 spiro atoms. The Kier molecular flexibility index (Phi) is 6.88. The summed E-state index contributed by atoms with van der Waals surface area (Å²) < 4.78 is 43.7. The van der Waals surface area contributed by atoms with Gasteiger partial charge in [0.2, 0.25) is 6.79 Å². The van der Waals surface area contributed by atoms with E-state index in [-0.39, 0.29) is 17.6 Å². The highest BCUT2D eigenvalue weighted by Crippen LogP contribution is 2.32. The minimum Gasteiger partial charge on any atom is -0.481 e. The van der Waals surface area contributed by atoms with Crippen molar-refractivity contribution in [3.8, 4) is 17.2 Å². The van der Waals surface area contributed by atoms with Gasteiger partial charge >= 0.3 is 0 Å². The number of carbonyl (C=O) groups excluding carboxylic acids is 1. The standard InChI is InChI=1S/C26H28N2O6S/c1-17-5-11-23(13-18(17)2)35(30,31)28(4)21-7-9-22(10-8-21)34-19(3)26(29)27-15-20-6-12-24-25(14-20)33-16-32-24/h5-14,19H,15-16H2,1-4H3,(H,27,29)/t19-/m0/s1. The van der Waals surface area contributed by atoms with E-state index in [2.05, 4.69) is 5.32 Å². The van der Waals surface area contributed by atoms with E-state index in [0.29, 0.717) is 29.5 Å². The first kappa shape index (κ1) is 24.4. The van der Waals surface area contributed by atoms with Gasteiger partial charge in [-0.15, -0.1) is 0 Å². The lowest BCUT2D eigenvalue weighted by Crippen LogP contribution is -2.35. The van der Waals surface area contributed by atoms with Gasteiger partial charge in [0.15, 0.2) is 17.6 Å². The predicted molar refractivity (Wildman–Crippen MR) is 132 cm³/mol. The third-order valence-electron chi connectivity index (χ3n) is 5.92. The van der Waals surface area contributed by atoms with E-state index in [1.54, 1.807) is 49.4 Å². The van der Waals surface area contributed by atoms with Crippen LogP contribution in [0.3, 0.4) is 0 Å². The van der Waals surface area contributed by atoms with Crippen LogP contribution in [0.1, 0.15) is 23.6 Å². The Bertz CT molecular complexity index is 1340. The van der Waals surface area contributed by atoms with Gasteiger partial charge in [0.05, 0.1) is 10.6 Å². The molecule has 184 valence electrons. The monoisotopic (exact) mass is 496 g/mol. The van der Waals surface area contributed by atoms with Crippen LogP contribution in [-0.2, 0) is 21.4 Å². The fourth-order valence-corrected chi connectivity index (χ4v) is 4.83. The predicted octanol–water partition coefficient (Wildman–Crippen LogP) is 3.94. The average Bonchev–Trinajstić information content (AvgIpc) is 3.32. The lowest BCUT2D eigenvalue weighted by atomic mass is 10.1. The van der Waals surface area contributed by atoms with Crippen LogP contribution in [0.4, 0.5) is 5.69 Å². The largest absolute Gasteiger partial charge is 0.481 e. The smallest absolute Gasteiger partial charge is 0.264 e. The number of fused-ring (bicyclic) bond motifs is 1. The molecule has 35 heavy (non-hydrogen) atoms. The minimum absolute atomic E-state index is 0.197. The molecular weight excluding hydrogens is 468 g/mol. The van der Waals surface area contributed by atoms with E-state index in [9.17, 15) is 13.2 Å². The molecule has 9 heteroatoms. The second kappa shape index (κ2) is 9.87. The third-order valence-corrected chi connectivity index (χ3v) is 7.70. The van der Waals surface area contributed by atoms with Gasteiger partial charge in [0, 0.05) is 13.6 Å². The van der Waals surface area contributed by atoms with Gasteiger partial charge in [-0.25, -0.2) is 8.42 Å². The molecule has 1 atom stereocenters.